The van der Waals surface area contributed by atoms with E-state index in [0.29, 0.717) is 24.4 Å². The highest BCUT2D eigenvalue weighted by Crippen LogP contribution is 2.26. The normalized spacial score (nSPS) is 19.1. The zero-order valence-electron chi connectivity index (χ0n) is 11.0. The SMILES string of the molecule is Brc1ccccc1-c1nnc(CNC2CCCSC2)o1. The predicted molar refractivity (Wildman–Crippen MR) is 84.6 cm³/mol. The van der Waals surface area contributed by atoms with Gasteiger partial charge in [-0.2, -0.15) is 11.8 Å². The highest BCUT2D eigenvalue weighted by molar-refractivity contribution is 9.10. The average Bonchev–Trinajstić information content (AvgIpc) is 2.95. The van der Waals surface area contributed by atoms with E-state index in [1.54, 1.807) is 0 Å². The number of halogens is 1. The van der Waals surface area contributed by atoms with Gasteiger partial charge in [-0.05, 0) is 46.7 Å². The van der Waals surface area contributed by atoms with Crippen molar-refractivity contribution in [3.8, 4) is 11.5 Å². The summed E-state index contributed by atoms with van der Waals surface area (Å²) in [6.07, 6.45) is 2.52. The fourth-order valence-corrected chi connectivity index (χ4v) is 3.76. The summed E-state index contributed by atoms with van der Waals surface area (Å²) in [6, 6.07) is 8.42. The molecular formula is C14H16BrN3OS. The van der Waals surface area contributed by atoms with E-state index in [9.17, 15) is 0 Å². The summed E-state index contributed by atoms with van der Waals surface area (Å²) in [5.41, 5.74) is 0.930. The maximum atomic E-state index is 5.72. The van der Waals surface area contributed by atoms with E-state index in [2.05, 4.69) is 31.4 Å². The zero-order valence-corrected chi connectivity index (χ0v) is 13.4. The molecule has 2 aromatic rings. The third-order valence-electron chi connectivity index (χ3n) is 3.27. The fraction of sp³-hybridized carbons (Fsp3) is 0.429. The molecule has 1 aromatic carbocycles. The van der Waals surface area contributed by atoms with Crippen molar-refractivity contribution >= 4 is 27.7 Å². The molecule has 0 saturated carbocycles. The first kappa shape index (κ1) is 14.1. The van der Waals surface area contributed by atoms with Crippen LogP contribution in [0.4, 0.5) is 0 Å². The van der Waals surface area contributed by atoms with Crippen LogP contribution in [-0.2, 0) is 6.54 Å². The summed E-state index contributed by atoms with van der Waals surface area (Å²) >= 11 is 5.50. The summed E-state index contributed by atoms with van der Waals surface area (Å²) < 4.78 is 6.68. The molecule has 20 heavy (non-hydrogen) atoms. The van der Waals surface area contributed by atoms with Crippen LogP contribution in [0.15, 0.2) is 33.2 Å². The van der Waals surface area contributed by atoms with Crippen molar-refractivity contribution in [2.45, 2.75) is 25.4 Å². The summed E-state index contributed by atoms with van der Waals surface area (Å²) in [6.45, 7) is 0.642. The molecule has 2 heterocycles. The number of aromatic nitrogens is 2. The minimum atomic E-state index is 0.562. The number of thioether (sulfide) groups is 1. The van der Waals surface area contributed by atoms with Crippen LogP contribution in [0, 0.1) is 0 Å². The van der Waals surface area contributed by atoms with Crippen LogP contribution >= 0.6 is 27.7 Å². The lowest BCUT2D eigenvalue weighted by Gasteiger charge is -2.21. The third kappa shape index (κ3) is 3.42. The highest BCUT2D eigenvalue weighted by atomic mass is 79.9. The molecule has 1 saturated heterocycles. The Morgan fingerprint density at radius 1 is 1.35 bits per heavy atom. The van der Waals surface area contributed by atoms with Gasteiger partial charge in [0.2, 0.25) is 11.8 Å². The average molecular weight is 354 g/mol. The quantitative estimate of drug-likeness (QED) is 0.911. The lowest BCUT2D eigenvalue weighted by molar-refractivity contribution is 0.436. The van der Waals surface area contributed by atoms with E-state index in [-0.39, 0.29) is 0 Å². The molecule has 106 valence electrons. The molecule has 1 aliphatic heterocycles. The topological polar surface area (TPSA) is 51.0 Å². The number of hydrogen-bond acceptors (Lipinski definition) is 5. The molecule has 1 N–H and O–H groups in total. The van der Waals surface area contributed by atoms with Gasteiger partial charge in [0.1, 0.15) is 0 Å². The molecule has 0 amide bonds. The largest absolute Gasteiger partial charge is 0.419 e. The van der Waals surface area contributed by atoms with Gasteiger partial charge in [-0.1, -0.05) is 12.1 Å². The van der Waals surface area contributed by atoms with Crippen LogP contribution < -0.4 is 5.32 Å². The zero-order chi connectivity index (χ0) is 13.8. The Labute approximate surface area is 130 Å². The number of nitrogens with one attached hydrogen (secondary N) is 1. The molecule has 6 heteroatoms. The molecule has 1 aromatic heterocycles. The second kappa shape index (κ2) is 6.74. The van der Waals surface area contributed by atoms with E-state index in [1.165, 1.54) is 24.3 Å². The highest BCUT2D eigenvalue weighted by Gasteiger charge is 2.15. The fourth-order valence-electron chi connectivity index (χ4n) is 2.20. The van der Waals surface area contributed by atoms with Gasteiger partial charge in [-0.25, -0.2) is 0 Å². The van der Waals surface area contributed by atoms with E-state index in [0.717, 1.165) is 10.0 Å². The Hall–Kier alpha value is -0.850. The first-order valence-electron chi connectivity index (χ1n) is 6.71. The second-order valence-corrected chi connectivity index (χ2v) is 6.78. The monoisotopic (exact) mass is 353 g/mol. The lowest BCUT2D eigenvalue weighted by Crippen LogP contribution is -2.33. The molecule has 0 bridgehead atoms. The molecule has 1 unspecified atom stereocenters. The molecule has 1 atom stereocenters. The Balaban J connectivity index is 1.63. The number of nitrogens with zero attached hydrogens (tertiary/aromatic N) is 2. The van der Waals surface area contributed by atoms with Crippen LogP contribution in [0.2, 0.25) is 0 Å². The molecule has 4 nitrogen and oxygen atoms in total. The molecule has 1 aliphatic rings. The van der Waals surface area contributed by atoms with Crippen molar-refractivity contribution < 1.29 is 4.42 Å². The second-order valence-electron chi connectivity index (χ2n) is 4.78. The van der Waals surface area contributed by atoms with Crippen LogP contribution in [0.1, 0.15) is 18.7 Å². The summed E-state index contributed by atoms with van der Waals surface area (Å²) in [7, 11) is 0. The Bertz CT molecular complexity index is 569. The molecule has 0 radical (unpaired) electrons. The van der Waals surface area contributed by atoms with Gasteiger partial charge in [-0.15, -0.1) is 10.2 Å². The first-order chi connectivity index (χ1) is 9.83. The number of hydrogen-bond donors (Lipinski definition) is 1. The first-order valence-corrected chi connectivity index (χ1v) is 8.66. The van der Waals surface area contributed by atoms with Crippen LogP contribution in [0.3, 0.4) is 0 Å². The van der Waals surface area contributed by atoms with Gasteiger partial charge in [0, 0.05) is 16.3 Å². The standard InChI is InChI=1S/C14H16BrN3OS/c15-12-6-2-1-5-11(12)14-18-17-13(19-14)8-16-10-4-3-7-20-9-10/h1-2,5-6,10,16H,3-4,7-9H2. The number of rotatable bonds is 4. The van der Waals surface area contributed by atoms with E-state index < -0.39 is 0 Å². The summed E-state index contributed by atoms with van der Waals surface area (Å²) in [4.78, 5) is 0. The summed E-state index contributed by atoms with van der Waals surface area (Å²) in [5.74, 6) is 3.66. The van der Waals surface area contributed by atoms with Crippen LogP contribution in [0.5, 0.6) is 0 Å². The maximum Gasteiger partial charge on any atom is 0.248 e. The van der Waals surface area contributed by atoms with Crippen molar-refractivity contribution in [1.82, 2.24) is 15.5 Å². The van der Waals surface area contributed by atoms with Crippen molar-refractivity contribution in [2.24, 2.45) is 0 Å². The molecule has 3 rings (SSSR count). The van der Waals surface area contributed by atoms with E-state index >= 15 is 0 Å². The third-order valence-corrected chi connectivity index (χ3v) is 5.18. The smallest absolute Gasteiger partial charge is 0.248 e. The van der Waals surface area contributed by atoms with Gasteiger partial charge >= 0.3 is 0 Å². The minimum absolute atomic E-state index is 0.562. The van der Waals surface area contributed by atoms with Crippen molar-refractivity contribution in [2.75, 3.05) is 11.5 Å². The molecule has 1 fully saturated rings. The van der Waals surface area contributed by atoms with Crippen LogP contribution in [-0.4, -0.2) is 27.7 Å². The van der Waals surface area contributed by atoms with Gasteiger partial charge in [0.25, 0.3) is 0 Å². The van der Waals surface area contributed by atoms with Crippen molar-refractivity contribution in [3.63, 3.8) is 0 Å². The van der Waals surface area contributed by atoms with Gasteiger partial charge < -0.3 is 9.73 Å². The van der Waals surface area contributed by atoms with Crippen molar-refractivity contribution in [3.05, 3.63) is 34.6 Å². The molecular weight excluding hydrogens is 338 g/mol. The Morgan fingerprint density at radius 3 is 3.05 bits per heavy atom. The molecule has 0 spiro atoms. The molecule has 0 aliphatic carbocycles. The Kier molecular flexibility index (Phi) is 4.75. The van der Waals surface area contributed by atoms with Gasteiger partial charge in [-0.3, -0.25) is 0 Å². The maximum absolute atomic E-state index is 5.72. The Morgan fingerprint density at radius 2 is 2.25 bits per heavy atom. The van der Waals surface area contributed by atoms with Gasteiger partial charge in [0.15, 0.2) is 0 Å². The van der Waals surface area contributed by atoms with E-state index in [1.807, 2.05) is 36.0 Å². The van der Waals surface area contributed by atoms with E-state index in [4.69, 9.17) is 4.42 Å². The minimum Gasteiger partial charge on any atom is -0.419 e. The number of benzene rings is 1. The van der Waals surface area contributed by atoms with Gasteiger partial charge in [0.05, 0.1) is 12.1 Å². The van der Waals surface area contributed by atoms with Crippen LogP contribution in [0.25, 0.3) is 11.5 Å². The lowest BCUT2D eigenvalue weighted by atomic mass is 10.2. The summed E-state index contributed by atoms with van der Waals surface area (Å²) in [5, 5.41) is 11.7. The predicted octanol–water partition coefficient (Wildman–Crippen LogP) is 3.48. The van der Waals surface area contributed by atoms with Crippen molar-refractivity contribution in [1.29, 1.82) is 0 Å².